The summed E-state index contributed by atoms with van der Waals surface area (Å²) in [7, 11) is -1.28. The molecule has 100 valence electrons. The zero-order valence-corrected chi connectivity index (χ0v) is 11.3. The molecule has 1 fully saturated rings. The van der Waals surface area contributed by atoms with Crippen LogP contribution in [-0.2, 0) is 9.84 Å². The van der Waals surface area contributed by atoms with E-state index in [4.69, 9.17) is 4.74 Å². The summed E-state index contributed by atoms with van der Waals surface area (Å²) in [5.41, 5.74) is 0.809. The molecule has 1 aromatic rings. The molecule has 2 rings (SSSR count). The van der Waals surface area contributed by atoms with Gasteiger partial charge in [-0.2, -0.15) is 4.98 Å². The third-order valence-corrected chi connectivity index (χ3v) is 4.75. The molecular formula is C11H17N3O3S. The van der Waals surface area contributed by atoms with Crippen molar-refractivity contribution in [3.8, 4) is 5.88 Å². The number of anilines is 1. The van der Waals surface area contributed by atoms with Gasteiger partial charge in [0.15, 0.2) is 9.84 Å². The maximum absolute atomic E-state index is 11.3. The summed E-state index contributed by atoms with van der Waals surface area (Å²) in [5, 5.41) is 3.07. The molecule has 0 spiro atoms. The maximum Gasteiger partial charge on any atom is 0.226 e. The summed E-state index contributed by atoms with van der Waals surface area (Å²) in [5.74, 6) is 1.67. The minimum absolute atomic E-state index is 0.144. The van der Waals surface area contributed by atoms with E-state index in [1.54, 1.807) is 13.2 Å². The Morgan fingerprint density at radius 3 is 2.89 bits per heavy atom. The lowest BCUT2D eigenvalue weighted by atomic mass is 10.1. The summed E-state index contributed by atoms with van der Waals surface area (Å²) in [6.07, 6.45) is 0.707. The molecule has 18 heavy (non-hydrogen) atoms. The first-order valence-corrected chi connectivity index (χ1v) is 7.64. The molecule has 2 heterocycles. The molecule has 1 aliphatic heterocycles. The number of aromatic nitrogens is 2. The molecule has 1 unspecified atom stereocenters. The van der Waals surface area contributed by atoms with Gasteiger partial charge in [0, 0.05) is 18.3 Å². The maximum atomic E-state index is 11.3. The Kier molecular flexibility index (Phi) is 3.70. The van der Waals surface area contributed by atoms with Gasteiger partial charge in [0.05, 0.1) is 18.6 Å². The van der Waals surface area contributed by atoms with E-state index in [1.807, 2.05) is 6.92 Å². The van der Waals surface area contributed by atoms with Crippen LogP contribution < -0.4 is 10.1 Å². The first-order valence-electron chi connectivity index (χ1n) is 5.82. The lowest BCUT2D eigenvalue weighted by Gasteiger charge is -2.10. The van der Waals surface area contributed by atoms with Crippen molar-refractivity contribution in [3.05, 3.63) is 11.8 Å². The van der Waals surface area contributed by atoms with Crippen molar-refractivity contribution in [2.75, 3.05) is 30.5 Å². The van der Waals surface area contributed by atoms with Crippen LogP contribution in [0.4, 0.5) is 5.95 Å². The zero-order valence-electron chi connectivity index (χ0n) is 10.5. The standard InChI is InChI=1S/C11H17N3O3S/c1-8-5-10(17-2)14-11(13-8)12-6-9-3-4-18(15,16)7-9/h5,9H,3-4,6-7H2,1-2H3,(H,12,13,14). The van der Waals surface area contributed by atoms with Crippen LogP contribution in [0, 0.1) is 12.8 Å². The highest BCUT2D eigenvalue weighted by Crippen LogP contribution is 2.19. The van der Waals surface area contributed by atoms with Crippen LogP contribution in [0.25, 0.3) is 0 Å². The number of nitrogens with zero attached hydrogens (tertiary/aromatic N) is 2. The van der Waals surface area contributed by atoms with E-state index in [-0.39, 0.29) is 17.4 Å². The fraction of sp³-hybridized carbons (Fsp3) is 0.636. The Morgan fingerprint density at radius 1 is 1.50 bits per heavy atom. The van der Waals surface area contributed by atoms with E-state index in [1.165, 1.54) is 0 Å². The van der Waals surface area contributed by atoms with Gasteiger partial charge in [0.1, 0.15) is 0 Å². The summed E-state index contributed by atoms with van der Waals surface area (Å²) in [6, 6.07) is 1.74. The quantitative estimate of drug-likeness (QED) is 0.865. The van der Waals surface area contributed by atoms with Gasteiger partial charge in [-0.05, 0) is 19.3 Å². The predicted molar refractivity (Wildman–Crippen MR) is 68.6 cm³/mol. The Morgan fingerprint density at radius 2 is 2.28 bits per heavy atom. The normalized spacial score (nSPS) is 21.8. The fourth-order valence-corrected chi connectivity index (χ4v) is 3.85. The molecule has 0 saturated carbocycles. The van der Waals surface area contributed by atoms with Crippen LogP contribution in [0.15, 0.2) is 6.07 Å². The van der Waals surface area contributed by atoms with Crippen molar-refractivity contribution in [1.29, 1.82) is 0 Å². The van der Waals surface area contributed by atoms with E-state index in [9.17, 15) is 8.42 Å². The molecule has 1 saturated heterocycles. The summed E-state index contributed by atoms with van der Waals surface area (Å²) < 4.78 is 27.7. The SMILES string of the molecule is COc1cc(C)nc(NCC2CCS(=O)(=O)C2)n1. The van der Waals surface area contributed by atoms with Crippen LogP contribution in [0.3, 0.4) is 0 Å². The number of sulfone groups is 1. The molecule has 1 aliphatic rings. The van der Waals surface area contributed by atoms with Crippen LogP contribution >= 0.6 is 0 Å². The number of hydrogen-bond donors (Lipinski definition) is 1. The second kappa shape index (κ2) is 5.09. The third-order valence-electron chi connectivity index (χ3n) is 2.92. The van der Waals surface area contributed by atoms with Gasteiger partial charge >= 0.3 is 0 Å². The second-order valence-corrected chi connectivity index (χ2v) is 6.75. The van der Waals surface area contributed by atoms with Gasteiger partial charge in [0.25, 0.3) is 0 Å². The molecule has 1 aromatic heterocycles. The highest BCUT2D eigenvalue weighted by atomic mass is 32.2. The largest absolute Gasteiger partial charge is 0.481 e. The van der Waals surface area contributed by atoms with Crippen LogP contribution in [0.5, 0.6) is 5.88 Å². The van der Waals surface area contributed by atoms with E-state index in [0.717, 1.165) is 5.69 Å². The average Bonchev–Trinajstić information content (AvgIpc) is 2.65. The van der Waals surface area contributed by atoms with E-state index < -0.39 is 9.84 Å². The molecule has 6 nitrogen and oxygen atoms in total. The predicted octanol–water partition coefficient (Wildman–Crippen LogP) is 0.640. The minimum Gasteiger partial charge on any atom is -0.481 e. The molecular weight excluding hydrogens is 254 g/mol. The highest BCUT2D eigenvalue weighted by Gasteiger charge is 2.27. The van der Waals surface area contributed by atoms with Crippen LogP contribution in [0.1, 0.15) is 12.1 Å². The third kappa shape index (κ3) is 3.32. The van der Waals surface area contributed by atoms with Crippen LogP contribution in [-0.4, -0.2) is 43.5 Å². The number of hydrogen-bond acceptors (Lipinski definition) is 6. The van der Waals surface area contributed by atoms with Gasteiger partial charge in [-0.25, -0.2) is 13.4 Å². The second-order valence-electron chi connectivity index (χ2n) is 4.53. The van der Waals surface area contributed by atoms with Crippen molar-refractivity contribution in [2.24, 2.45) is 5.92 Å². The molecule has 0 radical (unpaired) electrons. The van der Waals surface area contributed by atoms with Gasteiger partial charge < -0.3 is 10.1 Å². The minimum atomic E-state index is -2.83. The van der Waals surface area contributed by atoms with Gasteiger partial charge in [-0.1, -0.05) is 0 Å². The van der Waals surface area contributed by atoms with Gasteiger partial charge in [-0.15, -0.1) is 0 Å². The van der Waals surface area contributed by atoms with E-state index in [0.29, 0.717) is 24.8 Å². The number of nitrogens with one attached hydrogen (secondary N) is 1. The fourth-order valence-electron chi connectivity index (χ4n) is 1.99. The number of rotatable bonds is 4. The van der Waals surface area contributed by atoms with Crippen LogP contribution in [0.2, 0.25) is 0 Å². The van der Waals surface area contributed by atoms with Crippen molar-refractivity contribution in [3.63, 3.8) is 0 Å². The Labute approximate surface area is 107 Å². The number of ether oxygens (including phenoxy) is 1. The van der Waals surface area contributed by atoms with Crippen molar-refractivity contribution >= 4 is 15.8 Å². The molecule has 1 N–H and O–H groups in total. The lowest BCUT2D eigenvalue weighted by molar-refractivity contribution is 0.397. The molecule has 7 heteroatoms. The molecule has 0 aliphatic carbocycles. The van der Waals surface area contributed by atoms with Crippen molar-refractivity contribution in [2.45, 2.75) is 13.3 Å². The lowest BCUT2D eigenvalue weighted by Crippen LogP contribution is -2.17. The number of aryl methyl sites for hydroxylation is 1. The van der Waals surface area contributed by atoms with E-state index >= 15 is 0 Å². The van der Waals surface area contributed by atoms with Crippen molar-refractivity contribution in [1.82, 2.24) is 9.97 Å². The molecule has 1 atom stereocenters. The topological polar surface area (TPSA) is 81.2 Å². The van der Waals surface area contributed by atoms with Gasteiger partial charge in [0.2, 0.25) is 11.8 Å². The van der Waals surface area contributed by atoms with Gasteiger partial charge in [-0.3, -0.25) is 0 Å². The Hall–Kier alpha value is -1.37. The smallest absolute Gasteiger partial charge is 0.226 e. The highest BCUT2D eigenvalue weighted by molar-refractivity contribution is 7.91. The summed E-state index contributed by atoms with van der Waals surface area (Å²) >= 11 is 0. The van der Waals surface area contributed by atoms with Crippen molar-refractivity contribution < 1.29 is 13.2 Å². The number of methoxy groups -OCH3 is 1. The molecule has 0 bridgehead atoms. The Balaban J connectivity index is 1.96. The first kappa shape index (κ1) is 13.1. The van der Waals surface area contributed by atoms with E-state index in [2.05, 4.69) is 15.3 Å². The molecule has 0 aromatic carbocycles. The zero-order chi connectivity index (χ0) is 13.2. The monoisotopic (exact) mass is 271 g/mol. The first-order chi connectivity index (χ1) is 8.48. The summed E-state index contributed by atoms with van der Waals surface area (Å²) in [6.45, 7) is 2.43. The average molecular weight is 271 g/mol. The Bertz CT molecular complexity index is 530. The summed E-state index contributed by atoms with van der Waals surface area (Å²) in [4.78, 5) is 8.38. The molecule has 0 amide bonds.